The fraction of sp³-hybridized carbons (Fsp3) is 0.538. The second-order valence-corrected chi connectivity index (χ2v) is 5.85. The van der Waals surface area contributed by atoms with E-state index in [9.17, 15) is 0 Å². The molecule has 1 aliphatic heterocycles. The summed E-state index contributed by atoms with van der Waals surface area (Å²) < 4.78 is 1.22. The van der Waals surface area contributed by atoms with Crippen LogP contribution in [0.25, 0.3) is 0 Å². The molecule has 2 rings (SSSR count). The SMILES string of the molecule is CC1(C)CCCC(c2ccccc2Br)N1. The molecule has 1 aromatic rings. The van der Waals surface area contributed by atoms with Gasteiger partial charge in [0, 0.05) is 16.1 Å². The fourth-order valence-corrected chi connectivity index (χ4v) is 2.92. The Labute approximate surface area is 100 Å². The van der Waals surface area contributed by atoms with Crippen LogP contribution in [0.5, 0.6) is 0 Å². The summed E-state index contributed by atoms with van der Waals surface area (Å²) in [5, 5.41) is 3.72. The predicted molar refractivity (Wildman–Crippen MR) is 67.9 cm³/mol. The minimum atomic E-state index is 0.276. The van der Waals surface area contributed by atoms with Gasteiger partial charge in [0.05, 0.1) is 0 Å². The van der Waals surface area contributed by atoms with Crippen LogP contribution in [0, 0.1) is 0 Å². The van der Waals surface area contributed by atoms with Gasteiger partial charge >= 0.3 is 0 Å². The molecule has 1 aromatic carbocycles. The van der Waals surface area contributed by atoms with Crippen molar-refractivity contribution in [3.8, 4) is 0 Å². The van der Waals surface area contributed by atoms with Crippen LogP contribution >= 0.6 is 15.9 Å². The summed E-state index contributed by atoms with van der Waals surface area (Å²) in [5.41, 5.74) is 1.67. The molecule has 0 amide bonds. The highest BCUT2D eigenvalue weighted by molar-refractivity contribution is 9.10. The smallest absolute Gasteiger partial charge is 0.0336 e. The number of benzene rings is 1. The Morgan fingerprint density at radius 2 is 2.07 bits per heavy atom. The molecule has 0 aliphatic carbocycles. The van der Waals surface area contributed by atoms with E-state index in [2.05, 4.69) is 59.4 Å². The first-order valence-corrected chi connectivity index (χ1v) is 6.40. The first-order valence-electron chi connectivity index (χ1n) is 5.61. The lowest BCUT2D eigenvalue weighted by molar-refractivity contribution is 0.245. The van der Waals surface area contributed by atoms with Gasteiger partial charge < -0.3 is 5.32 Å². The van der Waals surface area contributed by atoms with E-state index in [1.165, 1.54) is 29.3 Å². The highest BCUT2D eigenvalue weighted by atomic mass is 79.9. The normalized spacial score (nSPS) is 25.1. The van der Waals surface area contributed by atoms with Crippen LogP contribution in [0.1, 0.15) is 44.7 Å². The van der Waals surface area contributed by atoms with Gasteiger partial charge in [0.1, 0.15) is 0 Å². The highest BCUT2D eigenvalue weighted by Crippen LogP contribution is 2.33. The Hall–Kier alpha value is -0.340. The van der Waals surface area contributed by atoms with Crippen molar-refractivity contribution in [2.24, 2.45) is 0 Å². The molecule has 0 spiro atoms. The second-order valence-electron chi connectivity index (χ2n) is 4.99. The van der Waals surface area contributed by atoms with Crippen molar-refractivity contribution in [3.05, 3.63) is 34.3 Å². The van der Waals surface area contributed by atoms with Gasteiger partial charge in [-0.15, -0.1) is 0 Å². The number of hydrogen-bond donors (Lipinski definition) is 1. The lowest BCUT2D eigenvalue weighted by Crippen LogP contribution is -2.45. The van der Waals surface area contributed by atoms with Crippen LogP contribution < -0.4 is 5.32 Å². The van der Waals surface area contributed by atoms with Crippen LogP contribution in [0.4, 0.5) is 0 Å². The van der Waals surface area contributed by atoms with E-state index in [0.29, 0.717) is 6.04 Å². The molecule has 2 heteroatoms. The number of hydrogen-bond acceptors (Lipinski definition) is 1. The third-order valence-electron chi connectivity index (χ3n) is 3.14. The van der Waals surface area contributed by atoms with Crippen molar-refractivity contribution in [1.82, 2.24) is 5.32 Å². The summed E-state index contributed by atoms with van der Waals surface area (Å²) in [5.74, 6) is 0. The summed E-state index contributed by atoms with van der Waals surface area (Å²) in [4.78, 5) is 0. The second kappa shape index (κ2) is 4.26. The van der Waals surface area contributed by atoms with E-state index in [1.54, 1.807) is 0 Å². The molecule has 1 fully saturated rings. The van der Waals surface area contributed by atoms with Gasteiger partial charge in [0.15, 0.2) is 0 Å². The van der Waals surface area contributed by atoms with E-state index in [-0.39, 0.29) is 5.54 Å². The molecule has 1 atom stereocenters. The quantitative estimate of drug-likeness (QED) is 0.810. The van der Waals surface area contributed by atoms with Crippen LogP contribution in [-0.2, 0) is 0 Å². The Balaban J connectivity index is 2.21. The zero-order valence-corrected chi connectivity index (χ0v) is 11.0. The molecule has 0 aromatic heterocycles. The number of nitrogens with one attached hydrogen (secondary N) is 1. The van der Waals surface area contributed by atoms with Gasteiger partial charge in [-0.05, 0) is 44.7 Å². The number of piperidine rings is 1. The number of halogens is 1. The van der Waals surface area contributed by atoms with E-state index >= 15 is 0 Å². The molecule has 15 heavy (non-hydrogen) atoms. The van der Waals surface area contributed by atoms with E-state index < -0.39 is 0 Å². The maximum absolute atomic E-state index is 3.72. The minimum absolute atomic E-state index is 0.276. The van der Waals surface area contributed by atoms with Gasteiger partial charge in [-0.3, -0.25) is 0 Å². The topological polar surface area (TPSA) is 12.0 Å². The molecule has 1 nitrogen and oxygen atoms in total. The van der Waals surface area contributed by atoms with Gasteiger partial charge in [-0.2, -0.15) is 0 Å². The molecular formula is C13H18BrN. The summed E-state index contributed by atoms with van der Waals surface area (Å²) >= 11 is 3.63. The molecule has 1 heterocycles. The lowest BCUT2D eigenvalue weighted by Gasteiger charge is -2.37. The van der Waals surface area contributed by atoms with Crippen LogP contribution in [0.15, 0.2) is 28.7 Å². The van der Waals surface area contributed by atoms with E-state index in [1.807, 2.05) is 0 Å². The van der Waals surface area contributed by atoms with Crippen LogP contribution in [0.2, 0.25) is 0 Å². The Morgan fingerprint density at radius 1 is 1.33 bits per heavy atom. The first kappa shape index (κ1) is 11.2. The van der Waals surface area contributed by atoms with Crippen molar-refractivity contribution in [1.29, 1.82) is 0 Å². The molecule has 82 valence electrons. The van der Waals surface area contributed by atoms with Gasteiger partial charge in [-0.25, -0.2) is 0 Å². The zero-order valence-electron chi connectivity index (χ0n) is 9.39. The predicted octanol–water partition coefficient (Wildman–Crippen LogP) is 4.04. The monoisotopic (exact) mass is 267 g/mol. The summed E-state index contributed by atoms with van der Waals surface area (Å²) in [6.45, 7) is 4.58. The van der Waals surface area contributed by atoms with Crippen LogP contribution in [0.3, 0.4) is 0 Å². The standard InChI is InChI=1S/C13H18BrN/c1-13(2)9-5-8-12(15-13)10-6-3-4-7-11(10)14/h3-4,6-7,12,15H,5,8-9H2,1-2H3. The zero-order chi connectivity index (χ0) is 10.9. The van der Waals surface area contributed by atoms with Crippen LogP contribution in [-0.4, -0.2) is 5.54 Å². The van der Waals surface area contributed by atoms with Crippen molar-refractivity contribution >= 4 is 15.9 Å². The summed E-state index contributed by atoms with van der Waals surface area (Å²) in [6.07, 6.45) is 3.83. The molecule has 0 radical (unpaired) electrons. The Morgan fingerprint density at radius 3 is 2.73 bits per heavy atom. The maximum atomic E-state index is 3.72. The number of rotatable bonds is 1. The molecule has 1 unspecified atom stereocenters. The lowest BCUT2D eigenvalue weighted by atomic mass is 9.86. The average molecular weight is 268 g/mol. The maximum Gasteiger partial charge on any atom is 0.0336 e. The molecule has 1 saturated heterocycles. The third-order valence-corrected chi connectivity index (χ3v) is 3.86. The largest absolute Gasteiger partial charge is 0.305 e. The molecule has 0 saturated carbocycles. The first-order chi connectivity index (χ1) is 7.08. The van der Waals surface area contributed by atoms with Crippen molar-refractivity contribution in [2.45, 2.75) is 44.7 Å². The molecular weight excluding hydrogens is 250 g/mol. The van der Waals surface area contributed by atoms with Gasteiger partial charge in [-0.1, -0.05) is 34.1 Å². The highest BCUT2D eigenvalue weighted by Gasteiger charge is 2.28. The molecule has 1 aliphatic rings. The Kier molecular flexibility index (Phi) is 3.17. The minimum Gasteiger partial charge on any atom is -0.305 e. The summed E-state index contributed by atoms with van der Waals surface area (Å²) in [6, 6.07) is 9.02. The molecule has 0 bridgehead atoms. The van der Waals surface area contributed by atoms with Crippen molar-refractivity contribution < 1.29 is 0 Å². The summed E-state index contributed by atoms with van der Waals surface area (Å²) in [7, 11) is 0. The van der Waals surface area contributed by atoms with E-state index in [0.717, 1.165) is 0 Å². The van der Waals surface area contributed by atoms with Crippen molar-refractivity contribution in [3.63, 3.8) is 0 Å². The Bertz CT molecular complexity index is 346. The van der Waals surface area contributed by atoms with Gasteiger partial charge in [0.2, 0.25) is 0 Å². The van der Waals surface area contributed by atoms with E-state index in [4.69, 9.17) is 0 Å². The van der Waals surface area contributed by atoms with Gasteiger partial charge in [0.25, 0.3) is 0 Å². The van der Waals surface area contributed by atoms with Crippen molar-refractivity contribution in [2.75, 3.05) is 0 Å². The third kappa shape index (κ3) is 2.61. The molecule has 1 N–H and O–H groups in total. The fourth-order valence-electron chi connectivity index (χ4n) is 2.36. The average Bonchev–Trinajstić information content (AvgIpc) is 2.17.